The van der Waals surface area contributed by atoms with Gasteiger partial charge in [-0.3, -0.25) is 4.68 Å². The van der Waals surface area contributed by atoms with Gasteiger partial charge in [0, 0.05) is 18.8 Å². The average Bonchev–Trinajstić information content (AvgIpc) is 2.49. The lowest BCUT2D eigenvalue weighted by molar-refractivity contribution is -0.0440. The molecule has 1 aliphatic rings. The highest BCUT2D eigenvalue weighted by molar-refractivity contribution is 5.17. The Morgan fingerprint density at radius 2 is 2.13 bits per heavy atom. The van der Waals surface area contributed by atoms with Crippen LogP contribution in [0.3, 0.4) is 0 Å². The van der Waals surface area contributed by atoms with Crippen LogP contribution >= 0.6 is 0 Å². The highest BCUT2D eigenvalue weighted by Crippen LogP contribution is 2.45. The van der Waals surface area contributed by atoms with Crippen molar-refractivity contribution in [1.82, 2.24) is 9.78 Å². The Morgan fingerprint density at radius 3 is 2.67 bits per heavy atom. The molecule has 1 heterocycles. The van der Waals surface area contributed by atoms with Crippen LogP contribution in [0.4, 0.5) is 0 Å². The molecule has 3 heteroatoms. The van der Waals surface area contributed by atoms with E-state index in [1.165, 1.54) is 6.42 Å². The van der Waals surface area contributed by atoms with Crippen LogP contribution in [0.15, 0.2) is 12.4 Å². The van der Waals surface area contributed by atoms with Gasteiger partial charge in [0.15, 0.2) is 0 Å². The highest BCUT2D eigenvalue weighted by Gasteiger charge is 2.40. The molecule has 1 aromatic heterocycles. The summed E-state index contributed by atoms with van der Waals surface area (Å²) in [6.07, 6.45) is 7.73. The molecule has 0 bridgehead atoms. The quantitative estimate of drug-likeness (QED) is 0.768. The van der Waals surface area contributed by atoms with Gasteiger partial charge in [-0.05, 0) is 31.1 Å². The fraction of sp³-hybridized carbons (Fsp3) is 0.750. The molecule has 2 rings (SSSR count). The van der Waals surface area contributed by atoms with Crippen LogP contribution in [0.2, 0.25) is 0 Å². The monoisotopic (exact) mass is 208 g/mol. The molecule has 15 heavy (non-hydrogen) atoms. The largest absolute Gasteiger partial charge is 0.385 e. The van der Waals surface area contributed by atoms with Crippen LogP contribution in [0.1, 0.15) is 45.1 Å². The van der Waals surface area contributed by atoms with Gasteiger partial charge in [-0.25, -0.2) is 0 Å². The molecule has 1 N–H and O–H groups in total. The lowest BCUT2D eigenvalue weighted by Crippen LogP contribution is -2.36. The minimum atomic E-state index is -0.657. The third-order valence-corrected chi connectivity index (χ3v) is 3.46. The summed E-state index contributed by atoms with van der Waals surface area (Å²) in [7, 11) is 1.89. The summed E-state index contributed by atoms with van der Waals surface area (Å²) < 4.78 is 1.76. The van der Waals surface area contributed by atoms with Gasteiger partial charge in [-0.15, -0.1) is 0 Å². The lowest BCUT2D eigenvalue weighted by Gasteiger charge is -2.41. The average molecular weight is 208 g/mol. The first-order valence-corrected chi connectivity index (χ1v) is 5.63. The molecule has 1 atom stereocenters. The zero-order valence-corrected chi connectivity index (χ0v) is 9.82. The Morgan fingerprint density at radius 1 is 1.40 bits per heavy atom. The van der Waals surface area contributed by atoms with E-state index >= 15 is 0 Å². The molecule has 3 nitrogen and oxygen atoms in total. The third kappa shape index (κ3) is 2.07. The summed E-state index contributed by atoms with van der Waals surface area (Å²) in [5.74, 6) is 0. The summed E-state index contributed by atoms with van der Waals surface area (Å²) in [5, 5.41) is 14.8. The van der Waals surface area contributed by atoms with Crippen LogP contribution in [0.5, 0.6) is 0 Å². The van der Waals surface area contributed by atoms with Gasteiger partial charge >= 0.3 is 0 Å². The fourth-order valence-corrected chi connectivity index (χ4v) is 2.74. The zero-order chi connectivity index (χ0) is 11.1. The summed E-state index contributed by atoms with van der Waals surface area (Å²) in [5.41, 5.74) is 0.552. The van der Waals surface area contributed by atoms with E-state index < -0.39 is 5.60 Å². The Balaban J connectivity index is 2.26. The number of hydrogen-bond acceptors (Lipinski definition) is 2. The number of rotatable bonds is 1. The summed E-state index contributed by atoms with van der Waals surface area (Å²) in [6.45, 7) is 4.46. The van der Waals surface area contributed by atoms with Gasteiger partial charge in [-0.2, -0.15) is 5.10 Å². The summed E-state index contributed by atoms with van der Waals surface area (Å²) >= 11 is 0. The van der Waals surface area contributed by atoms with Gasteiger partial charge in [0.25, 0.3) is 0 Å². The SMILES string of the molecule is Cn1cc(C2(O)CCCC(C)(C)C2)cn1. The van der Waals surface area contributed by atoms with E-state index in [9.17, 15) is 5.11 Å². The Hall–Kier alpha value is -0.830. The third-order valence-electron chi connectivity index (χ3n) is 3.46. The van der Waals surface area contributed by atoms with Crippen molar-refractivity contribution >= 4 is 0 Å². The van der Waals surface area contributed by atoms with E-state index in [-0.39, 0.29) is 5.41 Å². The number of nitrogens with zero attached hydrogens (tertiary/aromatic N) is 2. The van der Waals surface area contributed by atoms with Gasteiger partial charge in [0.2, 0.25) is 0 Å². The van der Waals surface area contributed by atoms with Crippen LogP contribution in [-0.2, 0) is 12.6 Å². The predicted molar refractivity (Wildman–Crippen MR) is 59.4 cm³/mol. The van der Waals surface area contributed by atoms with Crippen LogP contribution < -0.4 is 0 Å². The van der Waals surface area contributed by atoms with E-state index in [0.717, 1.165) is 24.8 Å². The van der Waals surface area contributed by atoms with Crippen molar-refractivity contribution in [1.29, 1.82) is 0 Å². The van der Waals surface area contributed by atoms with Gasteiger partial charge in [-0.1, -0.05) is 13.8 Å². The molecular formula is C12H20N2O. The van der Waals surface area contributed by atoms with Gasteiger partial charge in [0.1, 0.15) is 0 Å². The molecule has 1 fully saturated rings. The first-order valence-electron chi connectivity index (χ1n) is 5.63. The standard InChI is InChI=1S/C12H20N2O/c1-11(2)5-4-6-12(15,9-11)10-7-13-14(3)8-10/h7-8,15H,4-6,9H2,1-3H3. The normalized spacial score (nSPS) is 30.4. The lowest BCUT2D eigenvalue weighted by atomic mass is 9.68. The van der Waals surface area contributed by atoms with Crippen molar-refractivity contribution < 1.29 is 5.11 Å². The molecule has 0 spiro atoms. The molecule has 0 aliphatic heterocycles. The maximum atomic E-state index is 10.6. The van der Waals surface area contributed by atoms with Crippen molar-refractivity contribution in [2.75, 3.05) is 0 Å². The van der Waals surface area contributed by atoms with Crippen molar-refractivity contribution in [2.45, 2.75) is 45.1 Å². The van der Waals surface area contributed by atoms with Crippen LogP contribution in [0.25, 0.3) is 0 Å². The molecule has 1 aromatic rings. The predicted octanol–water partition coefficient (Wildman–Crippen LogP) is 2.21. The first-order chi connectivity index (χ1) is 6.91. The minimum Gasteiger partial charge on any atom is -0.385 e. The zero-order valence-electron chi connectivity index (χ0n) is 9.82. The topological polar surface area (TPSA) is 38.0 Å². The number of hydrogen-bond donors (Lipinski definition) is 1. The Labute approximate surface area is 91.1 Å². The molecule has 0 saturated heterocycles. The molecule has 0 aromatic carbocycles. The van der Waals surface area contributed by atoms with Crippen molar-refractivity contribution in [3.63, 3.8) is 0 Å². The molecular weight excluding hydrogens is 188 g/mol. The van der Waals surface area contributed by atoms with E-state index in [1.54, 1.807) is 10.9 Å². The summed E-state index contributed by atoms with van der Waals surface area (Å²) in [4.78, 5) is 0. The highest BCUT2D eigenvalue weighted by atomic mass is 16.3. The minimum absolute atomic E-state index is 0.239. The molecule has 0 amide bonds. The van der Waals surface area contributed by atoms with Crippen molar-refractivity contribution in [3.8, 4) is 0 Å². The first kappa shape index (κ1) is 10.7. The van der Waals surface area contributed by atoms with Crippen molar-refractivity contribution in [2.24, 2.45) is 12.5 Å². The second-order valence-corrected chi connectivity index (χ2v) is 5.63. The van der Waals surface area contributed by atoms with Crippen molar-refractivity contribution in [3.05, 3.63) is 18.0 Å². The fourth-order valence-electron chi connectivity index (χ4n) is 2.74. The maximum absolute atomic E-state index is 10.6. The summed E-state index contributed by atoms with van der Waals surface area (Å²) in [6, 6.07) is 0. The van der Waals surface area contributed by atoms with E-state index in [0.29, 0.717) is 0 Å². The van der Waals surface area contributed by atoms with E-state index in [2.05, 4.69) is 18.9 Å². The number of aromatic nitrogens is 2. The second kappa shape index (κ2) is 3.34. The van der Waals surface area contributed by atoms with Gasteiger partial charge in [0.05, 0.1) is 11.8 Å². The molecule has 1 unspecified atom stereocenters. The molecule has 1 saturated carbocycles. The van der Waals surface area contributed by atoms with E-state index in [4.69, 9.17) is 0 Å². The van der Waals surface area contributed by atoms with Crippen LogP contribution in [0, 0.1) is 5.41 Å². The van der Waals surface area contributed by atoms with E-state index in [1.807, 2.05) is 13.2 Å². The van der Waals surface area contributed by atoms with Gasteiger partial charge < -0.3 is 5.11 Å². The number of aryl methyl sites for hydroxylation is 1. The second-order valence-electron chi connectivity index (χ2n) is 5.63. The molecule has 0 radical (unpaired) electrons. The Bertz CT molecular complexity index is 356. The number of aliphatic hydroxyl groups is 1. The Kier molecular flexibility index (Phi) is 2.38. The maximum Gasteiger partial charge on any atom is 0.0931 e. The smallest absolute Gasteiger partial charge is 0.0931 e. The molecule has 84 valence electrons. The molecule has 1 aliphatic carbocycles. The van der Waals surface area contributed by atoms with Crippen LogP contribution in [-0.4, -0.2) is 14.9 Å².